The van der Waals surface area contributed by atoms with Gasteiger partial charge in [0.1, 0.15) is 5.75 Å². The lowest BCUT2D eigenvalue weighted by Gasteiger charge is -2.27. The lowest BCUT2D eigenvalue weighted by atomic mass is 9.79. The van der Waals surface area contributed by atoms with Gasteiger partial charge in [-0.1, -0.05) is 35.9 Å². The molecule has 2 aromatic rings. The maximum absolute atomic E-state index is 12.4. The monoisotopic (exact) mass is 333 g/mol. The number of Topliss-reactive ketones (excluding diaryl/α,β-unsaturated/α-hetero) is 1. The largest absolute Gasteiger partial charge is 0.497 e. The number of hydrogen-bond acceptors (Lipinski definition) is 3. The molecule has 0 saturated heterocycles. The van der Waals surface area contributed by atoms with Crippen molar-refractivity contribution in [2.45, 2.75) is 26.2 Å². The van der Waals surface area contributed by atoms with Gasteiger partial charge >= 0.3 is 0 Å². The number of allylic oxidation sites excluding steroid dienone is 3. The van der Waals surface area contributed by atoms with Crippen molar-refractivity contribution in [1.82, 2.24) is 0 Å². The number of carbonyl (C=O) groups is 1. The lowest BCUT2D eigenvalue weighted by Crippen LogP contribution is -2.19. The van der Waals surface area contributed by atoms with E-state index < -0.39 is 0 Å². The molecule has 0 bridgehead atoms. The van der Waals surface area contributed by atoms with E-state index in [9.17, 15) is 4.79 Å². The molecule has 0 aromatic heterocycles. The lowest BCUT2D eigenvalue weighted by molar-refractivity contribution is -0.113. The van der Waals surface area contributed by atoms with E-state index in [4.69, 9.17) is 4.74 Å². The van der Waals surface area contributed by atoms with Crippen molar-refractivity contribution < 1.29 is 9.53 Å². The molecule has 0 aliphatic heterocycles. The van der Waals surface area contributed by atoms with Gasteiger partial charge in [-0.25, -0.2) is 0 Å². The molecular formula is C22H23NO2. The second-order valence-electron chi connectivity index (χ2n) is 6.40. The van der Waals surface area contributed by atoms with Crippen LogP contribution in [0.5, 0.6) is 5.75 Å². The number of ether oxygens (including phenoxy) is 1. The van der Waals surface area contributed by atoms with Gasteiger partial charge in [-0.2, -0.15) is 0 Å². The average Bonchev–Trinajstić information content (AvgIpc) is 2.62. The van der Waals surface area contributed by atoms with Crippen LogP contribution in [-0.2, 0) is 4.79 Å². The third kappa shape index (κ3) is 3.82. The van der Waals surface area contributed by atoms with E-state index in [-0.39, 0.29) is 11.7 Å². The summed E-state index contributed by atoms with van der Waals surface area (Å²) < 4.78 is 5.20. The van der Waals surface area contributed by atoms with Crippen LogP contribution in [0.15, 0.2) is 77.5 Å². The predicted molar refractivity (Wildman–Crippen MR) is 102 cm³/mol. The molecule has 1 aliphatic carbocycles. The molecule has 0 spiro atoms. The number of anilines is 1. The van der Waals surface area contributed by atoms with E-state index in [1.807, 2.05) is 42.5 Å². The van der Waals surface area contributed by atoms with Crippen molar-refractivity contribution in [3.8, 4) is 5.75 Å². The molecule has 0 fully saturated rings. The van der Waals surface area contributed by atoms with Crippen LogP contribution in [-0.4, -0.2) is 12.9 Å². The standard InChI is InChI=1S/C22H23NO2/c1-15-13-20(17-7-5-4-6-8-17)22(16(2)24)21(14-15)23-18-9-11-19(25-3)12-10-18/h4-12,14,20,23H,13H2,1-3H3. The molecule has 3 rings (SSSR count). The SMILES string of the molecule is COc1ccc(NC2=C(C(C)=O)C(c3ccccc3)CC(C)=C2)cc1. The summed E-state index contributed by atoms with van der Waals surface area (Å²) in [5, 5.41) is 3.42. The molecule has 3 nitrogen and oxygen atoms in total. The molecule has 1 unspecified atom stereocenters. The number of methoxy groups -OCH3 is 1. The predicted octanol–water partition coefficient (Wildman–Crippen LogP) is 5.08. The Morgan fingerprint density at radius 1 is 1.08 bits per heavy atom. The number of carbonyl (C=O) groups excluding carboxylic acids is 1. The fraction of sp³-hybridized carbons (Fsp3) is 0.227. The number of nitrogens with one attached hydrogen (secondary N) is 1. The van der Waals surface area contributed by atoms with E-state index in [0.29, 0.717) is 0 Å². The molecule has 25 heavy (non-hydrogen) atoms. The normalized spacial score (nSPS) is 17.1. The van der Waals surface area contributed by atoms with Gasteiger partial charge in [0.05, 0.1) is 7.11 Å². The molecule has 1 aliphatic rings. The van der Waals surface area contributed by atoms with Crippen LogP contribution in [0.1, 0.15) is 31.7 Å². The quantitative estimate of drug-likeness (QED) is 0.829. The first-order chi connectivity index (χ1) is 12.1. The molecule has 0 heterocycles. The zero-order valence-corrected chi connectivity index (χ0v) is 14.9. The zero-order valence-electron chi connectivity index (χ0n) is 14.9. The summed E-state index contributed by atoms with van der Waals surface area (Å²) in [6.07, 6.45) is 2.95. The Labute approximate surface area is 149 Å². The van der Waals surface area contributed by atoms with Crippen LogP contribution in [0.3, 0.4) is 0 Å². The van der Waals surface area contributed by atoms with E-state index >= 15 is 0 Å². The van der Waals surface area contributed by atoms with Gasteiger partial charge in [0.2, 0.25) is 0 Å². The van der Waals surface area contributed by atoms with Gasteiger partial charge in [0.15, 0.2) is 5.78 Å². The Hall–Kier alpha value is -2.81. The highest BCUT2D eigenvalue weighted by Gasteiger charge is 2.27. The van der Waals surface area contributed by atoms with E-state index in [0.717, 1.165) is 29.1 Å². The first-order valence-corrected chi connectivity index (χ1v) is 8.47. The summed E-state index contributed by atoms with van der Waals surface area (Å²) in [4.78, 5) is 12.4. The Bertz CT molecular complexity index is 817. The molecular weight excluding hydrogens is 310 g/mol. The van der Waals surface area contributed by atoms with E-state index in [1.165, 1.54) is 11.1 Å². The smallest absolute Gasteiger partial charge is 0.158 e. The molecule has 1 N–H and O–H groups in total. The molecule has 0 radical (unpaired) electrons. The number of hydrogen-bond donors (Lipinski definition) is 1. The van der Waals surface area contributed by atoms with Crippen LogP contribution in [0.2, 0.25) is 0 Å². The van der Waals surface area contributed by atoms with Crippen molar-refractivity contribution in [3.63, 3.8) is 0 Å². The topological polar surface area (TPSA) is 38.3 Å². The van der Waals surface area contributed by atoms with Gasteiger partial charge in [0.25, 0.3) is 0 Å². The summed E-state index contributed by atoms with van der Waals surface area (Å²) in [5.41, 5.74) is 5.10. The summed E-state index contributed by atoms with van der Waals surface area (Å²) in [6, 6.07) is 18.0. The van der Waals surface area contributed by atoms with Gasteiger partial charge in [0, 0.05) is 22.9 Å². The Kier molecular flexibility index (Phi) is 5.03. The average molecular weight is 333 g/mol. The third-order valence-electron chi connectivity index (χ3n) is 4.51. The van der Waals surface area contributed by atoms with E-state index in [1.54, 1.807) is 14.0 Å². The highest BCUT2D eigenvalue weighted by molar-refractivity contribution is 5.97. The van der Waals surface area contributed by atoms with Crippen molar-refractivity contribution in [2.75, 3.05) is 12.4 Å². The molecule has 1 atom stereocenters. The highest BCUT2D eigenvalue weighted by atomic mass is 16.5. The second-order valence-corrected chi connectivity index (χ2v) is 6.40. The Morgan fingerprint density at radius 2 is 1.76 bits per heavy atom. The zero-order chi connectivity index (χ0) is 17.8. The van der Waals surface area contributed by atoms with Crippen molar-refractivity contribution >= 4 is 11.5 Å². The fourth-order valence-corrected chi connectivity index (χ4v) is 3.33. The van der Waals surface area contributed by atoms with Crippen LogP contribution in [0, 0.1) is 0 Å². The van der Waals surface area contributed by atoms with E-state index in [2.05, 4.69) is 30.4 Å². The number of ketones is 1. The third-order valence-corrected chi connectivity index (χ3v) is 4.51. The Balaban J connectivity index is 2.00. The van der Waals surface area contributed by atoms with Crippen molar-refractivity contribution in [3.05, 3.63) is 83.1 Å². The minimum Gasteiger partial charge on any atom is -0.497 e. The van der Waals surface area contributed by atoms with Crippen molar-refractivity contribution in [1.29, 1.82) is 0 Å². The molecule has 2 aromatic carbocycles. The number of benzene rings is 2. The first kappa shape index (κ1) is 17.0. The summed E-state index contributed by atoms with van der Waals surface area (Å²) in [5.74, 6) is 1.00. The highest BCUT2D eigenvalue weighted by Crippen LogP contribution is 2.38. The number of rotatable bonds is 5. The van der Waals surface area contributed by atoms with Crippen LogP contribution >= 0.6 is 0 Å². The molecule has 0 amide bonds. The minimum absolute atomic E-state index is 0.0875. The summed E-state index contributed by atoms with van der Waals surface area (Å²) in [6.45, 7) is 3.76. The summed E-state index contributed by atoms with van der Waals surface area (Å²) >= 11 is 0. The molecule has 3 heteroatoms. The van der Waals surface area contributed by atoms with Gasteiger partial charge in [-0.15, -0.1) is 0 Å². The summed E-state index contributed by atoms with van der Waals surface area (Å²) in [7, 11) is 1.65. The van der Waals surface area contributed by atoms with Crippen LogP contribution in [0.4, 0.5) is 5.69 Å². The van der Waals surface area contributed by atoms with Crippen LogP contribution < -0.4 is 10.1 Å². The van der Waals surface area contributed by atoms with Gasteiger partial charge < -0.3 is 10.1 Å². The van der Waals surface area contributed by atoms with Gasteiger partial charge in [-0.05, 0) is 56.2 Å². The minimum atomic E-state index is 0.0875. The maximum atomic E-state index is 12.4. The first-order valence-electron chi connectivity index (χ1n) is 8.47. The maximum Gasteiger partial charge on any atom is 0.158 e. The van der Waals surface area contributed by atoms with Crippen molar-refractivity contribution in [2.24, 2.45) is 0 Å². The molecule has 0 saturated carbocycles. The van der Waals surface area contributed by atoms with Crippen LogP contribution in [0.25, 0.3) is 0 Å². The Morgan fingerprint density at radius 3 is 2.36 bits per heavy atom. The fourth-order valence-electron chi connectivity index (χ4n) is 3.33. The van der Waals surface area contributed by atoms with Gasteiger partial charge in [-0.3, -0.25) is 4.79 Å². The molecule has 128 valence electrons. The second kappa shape index (κ2) is 7.39.